The van der Waals surface area contributed by atoms with Crippen molar-refractivity contribution in [2.24, 2.45) is 0 Å². The number of halogens is 2. The van der Waals surface area contributed by atoms with Gasteiger partial charge >= 0.3 is 0 Å². The lowest BCUT2D eigenvalue weighted by molar-refractivity contribution is 0.527. The molecule has 0 unspecified atom stereocenters. The lowest BCUT2D eigenvalue weighted by Gasteiger charge is -2.06. The Hall–Kier alpha value is -0.770. The van der Waals surface area contributed by atoms with Crippen molar-refractivity contribution in [2.45, 2.75) is 16.7 Å². The van der Waals surface area contributed by atoms with E-state index in [1.807, 2.05) is 13.0 Å². The standard InChI is InChI=1S/C11H9Cl2NOS/c1-6-10(2-3-15-6)16-11-8(12)4-7(14)5-9(11)13/h2-5H,14H2,1H3. The lowest BCUT2D eigenvalue weighted by Crippen LogP contribution is -1.86. The Labute approximate surface area is 108 Å². The number of anilines is 1. The normalized spacial score (nSPS) is 10.7. The van der Waals surface area contributed by atoms with Crippen molar-refractivity contribution in [1.29, 1.82) is 0 Å². The molecule has 2 rings (SSSR count). The van der Waals surface area contributed by atoms with Crippen molar-refractivity contribution in [1.82, 2.24) is 0 Å². The molecule has 0 aliphatic carbocycles. The minimum absolute atomic E-state index is 0.551. The van der Waals surface area contributed by atoms with E-state index in [1.54, 1.807) is 18.4 Å². The maximum absolute atomic E-state index is 6.09. The Balaban J connectivity index is 2.39. The summed E-state index contributed by atoms with van der Waals surface area (Å²) in [6.07, 6.45) is 1.64. The van der Waals surface area contributed by atoms with E-state index in [-0.39, 0.29) is 0 Å². The van der Waals surface area contributed by atoms with E-state index in [2.05, 4.69) is 0 Å². The largest absolute Gasteiger partial charge is 0.468 e. The first-order valence-corrected chi connectivity index (χ1v) is 6.11. The summed E-state index contributed by atoms with van der Waals surface area (Å²) in [6.45, 7) is 1.89. The molecule has 0 saturated carbocycles. The second-order valence-corrected chi connectivity index (χ2v) is 5.12. The van der Waals surface area contributed by atoms with E-state index in [9.17, 15) is 0 Å². The molecule has 16 heavy (non-hydrogen) atoms. The fraction of sp³-hybridized carbons (Fsp3) is 0.0909. The van der Waals surface area contributed by atoms with Gasteiger partial charge in [0.2, 0.25) is 0 Å². The molecule has 1 aromatic heterocycles. The average Bonchev–Trinajstić information content (AvgIpc) is 2.57. The molecule has 2 N–H and O–H groups in total. The van der Waals surface area contributed by atoms with Gasteiger partial charge in [0.1, 0.15) is 5.76 Å². The fourth-order valence-corrected chi connectivity index (χ4v) is 2.85. The molecule has 0 fully saturated rings. The van der Waals surface area contributed by atoms with Crippen LogP contribution in [0.3, 0.4) is 0 Å². The second-order valence-electron chi connectivity index (χ2n) is 3.26. The van der Waals surface area contributed by atoms with Gasteiger partial charge in [0.15, 0.2) is 0 Å². The zero-order valence-electron chi connectivity index (χ0n) is 8.46. The highest BCUT2D eigenvalue weighted by Crippen LogP contribution is 2.41. The molecule has 0 saturated heterocycles. The molecule has 0 atom stereocenters. The van der Waals surface area contributed by atoms with E-state index in [1.165, 1.54) is 11.8 Å². The third kappa shape index (κ3) is 2.32. The van der Waals surface area contributed by atoms with E-state index >= 15 is 0 Å². The first kappa shape index (κ1) is 11.7. The smallest absolute Gasteiger partial charge is 0.114 e. The molecule has 1 heterocycles. The van der Waals surface area contributed by atoms with Gasteiger partial charge in [-0.3, -0.25) is 0 Å². The van der Waals surface area contributed by atoms with Crippen LogP contribution < -0.4 is 5.73 Å². The molecular formula is C11H9Cl2NOS. The second kappa shape index (κ2) is 4.62. The number of hydrogen-bond acceptors (Lipinski definition) is 3. The Morgan fingerprint density at radius 1 is 1.25 bits per heavy atom. The predicted octanol–water partition coefficient (Wildman–Crippen LogP) is 4.63. The molecule has 2 nitrogen and oxygen atoms in total. The summed E-state index contributed by atoms with van der Waals surface area (Å²) < 4.78 is 5.21. The zero-order valence-corrected chi connectivity index (χ0v) is 10.8. The summed E-state index contributed by atoms with van der Waals surface area (Å²) in [6, 6.07) is 5.25. The van der Waals surface area contributed by atoms with Gasteiger partial charge in [-0.15, -0.1) is 0 Å². The summed E-state index contributed by atoms with van der Waals surface area (Å²) >= 11 is 13.6. The van der Waals surface area contributed by atoms with Crippen molar-refractivity contribution >= 4 is 40.7 Å². The molecule has 0 aliphatic heterocycles. The molecular weight excluding hydrogens is 265 g/mol. The van der Waals surface area contributed by atoms with E-state index in [0.717, 1.165) is 15.6 Å². The number of aryl methyl sites for hydroxylation is 1. The first-order chi connectivity index (χ1) is 7.58. The van der Waals surface area contributed by atoms with Crippen LogP contribution in [0.5, 0.6) is 0 Å². The van der Waals surface area contributed by atoms with Gasteiger partial charge in [0.25, 0.3) is 0 Å². The maximum Gasteiger partial charge on any atom is 0.114 e. The first-order valence-electron chi connectivity index (χ1n) is 4.54. The number of furan rings is 1. The molecule has 84 valence electrons. The van der Waals surface area contributed by atoms with Gasteiger partial charge in [-0.05, 0) is 25.1 Å². The molecule has 1 aromatic carbocycles. The Morgan fingerprint density at radius 2 is 1.88 bits per heavy atom. The summed E-state index contributed by atoms with van der Waals surface area (Å²) in [4.78, 5) is 1.79. The number of benzene rings is 1. The van der Waals surface area contributed by atoms with E-state index in [0.29, 0.717) is 15.7 Å². The molecule has 5 heteroatoms. The van der Waals surface area contributed by atoms with Crippen molar-refractivity contribution in [3.63, 3.8) is 0 Å². The molecule has 0 radical (unpaired) electrons. The molecule has 2 aromatic rings. The Bertz CT molecular complexity index is 501. The maximum atomic E-state index is 6.09. The van der Waals surface area contributed by atoms with Crippen LogP contribution in [0, 0.1) is 6.92 Å². The Morgan fingerprint density at radius 3 is 2.38 bits per heavy atom. The molecule has 0 amide bonds. The molecule has 0 spiro atoms. The topological polar surface area (TPSA) is 39.2 Å². The molecule has 0 aliphatic rings. The number of nitrogen functional groups attached to an aromatic ring is 1. The minimum Gasteiger partial charge on any atom is -0.468 e. The van der Waals surface area contributed by atoms with E-state index in [4.69, 9.17) is 33.4 Å². The number of nitrogens with two attached hydrogens (primary N) is 1. The third-order valence-electron chi connectivity index (χ3n) is 2.04. The third-order valence-corrected chi connectivity index (χ3v) is 4.15. The van der Waals surface area contributed by atoms with Gasteiger partial charge in [-0.25, -0.2) is 0 Å². The summed E-state index contributed by atoms with van der Waals surface area (Å²) in [7, 11) is 0. The lowest BCUT2D eigenvalue weighted by atomic mass is 10.3. The predicted molar refractivity (Wildman–Crippen MR) is 68.4 cm³/mol. The van der Waals surface area contributed by atoms with Crippen LogP contribution in [0.4, 0.5) is 5.69 Å². The van der Waals surface area contributed by atoms with Gasteiger partial charge < -0.3 is 10.2 Å². The summed E-state index contributed by atoms with van der Waals surface area (Å²) in [5.74, 6) is 0.842. The number of rotatable bonds is 2. The quantitative estimate of drug-likeness (QED) is 0.811. The minimum atomic E-state index is 0.551. The highest BCUT2D eigenvalue weighted by Gasteiger charge is 2.11. The van der Waals surface area contributed by atoms with Gasteiger partial charge in [0, 0.05) is 10.6 Å². The van der Waals surface area contributed by atoms with Crippen LogP contribution in [0.2, 0.25) is 10.0 Å². The molecule has 0 bridgehead atoms. The van der Waals surface area contributed by atoms with Gasteiger partial charge in [-0.1, -0.05) is 35.0 Å². The van der Waals surface area contributed by atoms with Crippen molar-refractivity contribution in [3.05, 3.63) is 40.3 Å². The van der Waals surface area contributed by atoms with Crippen LogP contribution in [-0.4, -0.2) is 0 Å². The van der Waals surface area contributed by atoms with Crippen LogP contribution in [0.1, 0.15) is 5.76 Å². The summed E-state index contributed by atoms with van der Waals surface area (Å²) in [5.41, 5.74) is 6.19. The van der Waals surface area contributed by atoms with Gasteiger partial charge in [-0.2, -0.15) is 0 Å². The monoisotopic (exact) mass is 273 g/mol. The SMILES string of the molecule is Cc1occc1Sc1c(Cl)cc(N)cc1Cl. The van der Waals surface area contributed by atoms with Crippen LogP contribution in [0.15, 0.2) is 38.7 Å². The summed E-state index contributed by atoms with van der Waals surface area (Å²) in [5, 5.41) is 1.10. The van der Waals surface area contributed by atoms with Crippen molar-refractivity contribution < 1.29 is 4.42 Å². The number of hydrogen-bond donors (Lipinski definition) is 1. The highest BCUT2D eigenvalue weighted by molar-refractivity contribution is 7.99. The van der Waals surface area contributed by atoms with Crippen molar-refractivity contribution in [2.75, 3.05) is 5.73 Å². The van der Waals surface area contributed by atoms with Crippen LogP contribution in [0.25, 0.3) is 0 Å². The zero-order chi connectivity index (χ0) is 11.7. The van der Waals surface area contributed by atoms with Crippen LogP contribution in [-0.2, 0) is 0 Å². The fourth-order valence-electron chi connectivity index (χ4n) is 1.27. The average molecular weight is 274 g/mol. The van der Waals surface area contributed by atoms with E-state index < -0.39 is 0 Å². The van der Waals surface area contributed by atoms with Crippen molar-refractivity contribution in [3.8, 4) is 0 Å². The van der Waals surface area contributed by atoms with Gasteiger partial charge in [0.05, 0.1) is 21.2 Å². The highest BCUT2D eigenvalue weighted by atomic mass is 35.5. The Kier molecular flexibility index (Phi) is 3.38. The van der Waals surface area contributed by atoms with Crippen LogP contribution >= 0.6 is 35.0 Å².